The molecule has 8 nitrogen and oxygen atoms in total. The number of ether oxygens (including phenoxy) is 1. The lowest BCUT2D eigenvalue weighted by Gasteiger charge is -2.29. The van der Waals surface area contributed by atoms with Gasteiger partial charge in [0.2, 0.25) is 5.88 Å². The van der Waals surface area contributed by atoms with Crippen molar-refractivity contribution in [1.82, 2.24) is 15.0 Å². The summed E-state index contributed by atoms with van der Waals surface area (Å²) in [5.41, 5.74) is 3.09. The number of hydrogen-bond acceptors (Lipinski definition) is 7. The van der Waals surface area contributed by atoms with E-state index in [2.05, 4.69) is 24.5 Å². The van der Waals surface area contributed by atoms with Crippen LogP contribution < -0.4 is 9.46 Å². The summed E-state index contributed by atoms with van der Waals surface area (Å²) in [6.07, 6.45) is -2.20. The molecule has 12 heteroatoms. The SMILES string of the molecule is Cc1c(NS(=O)(=O)c2ccc3c(c2)CN(Cc2ccc(OCC(F)(F)F)nc2)CC3)noc1C(C)(C)C. The predicted molar refractivity (Wildman–Crippen MR) is 131 cm³/mol. The number of nitrogens with one attached hydrogen (secondary N) is 1. The molecule has 1 N–H and O–H groups in total. The number of pyridine rings is 1. The molecule has 0 unspecified atom stereocenters. The maximum atomic E-state index is 13.1. The summed E-state index contributed by atoms with van der Waals surface area (Å²) >= 11 is 0. The minimum Gasteiger partial charge on any atom is -0.468 e. The van der Waals surface area contributed by atoms with Crippen LogP contribution in [-0.4, -0.2) is 42.8 Å². The zero-order valence-electron chi connectivity index (χ0n) is 21.0. The molecule has 4 rings (SSSR count). The van der Waals surface area contributed by atoms with Crippen LogP contribution in [0, 0.1) is 6.92 Å². The zero-order chi connectivity index (χ0) is 27.0. The second-order valence-corrected chi connectivity index (χ2v) is 11.8. The molecule has 200 valence electrons. The summed E-state index contributed by atoms with van der Waals surface area (Å²) in [5, 5.41) is 3.92. The monoisotopic (exact) mass is 538 g/mol. The van der Waals surface area contributed by atoms with Gasteiger partial charge in [0.05, 0.1) is 4.90 Å². The van der Waals surface area contributed by atoms with E-state index in [9.17, 15) is 21.6 Å². The lowest BCUT2D eigenvalue weighted by atomic mass is 9.91. The highest BCUT2D eigenvalue weighted by molar-refractivity contribution is 7.92. The first-order valence-electron chi connectivity index (χ1n) is 11.7. The Morgan fingerprint density at radius 3 is 2.51 bits per heavy atom. The number of halogens is 3. The highest BCUT2D eigenvalue weighted by Crippen LogP contribution is 2.31. The van der Waals surface area contributed by atoms with E-state index in [1.165, 1.54) is 12.3 Å². The molecule has 2 aromatic heterocycles. The lowest BCUT2D eigenvalue weighted by molar-refractivity contribution is -0.154. The Labute approximate surface area is 213 Å². The topological polar surface area (TPSA) is 97.6 Å². The van der Waals surface area contributed by atoms with Crippen molar-refractivity contribution in [3.8, 4) is 5.88 Å². The van der Waals surface area contributed by atoms with Gasteiger partial charge in [-0.1, -0.05) is 38.1 Å². The number of benzene rings is 1. The van der Waals surface area contributed by atoms with Crippen molar-refractivity contribution in [3.63, 3.8) is 0 Å². The van der Waals surface area contributed by atoms with Gasteiger partial charge in [-0.3, -0.25) is 9.62 Å². The summed E-state index contributed by atoms with van der Waals surface area (Å²) in [7, 11) is -3.89. The van der Waals surface area contributed by atoms with Gasteiger partial charge in [-0.25, -0.2) is 13.4 Å². The second-order valence-electron chi connectivity index (χ2n) is 10.1. The van der Waals surface area contributed by atoms with Crippen molar-refractivity contribution >= 4 is 15.8 Å². The fraction of sp³-hybridized carbons (Fsp3) is 0.440. The fourth-order valence-corrected chi connectivity index (χ4v) is 5.32. The number of nitrogens with zero attached hydrogens (tertiary/aromatic N) is 3. The Morgan fingerprint density at radius 2 is 1.89 bits per heavy atom. The normalized spacial score (nSPS) is 14.9. The highest BCUT2D eigenvalue weighted by Gasteiger charge is 2.29. The van der Waals surface area contributed by atoms with Crippen LogP contribution in [0.25, 0.3) is 0 Å². The lowest BCUT2D eigenvalue weighted by Crippen LogP contribution is -2.30. The summed E-state index contributed by atoms with van der Waals surface area (Å²) in [5.74, 6) is 0.685. The Morgan fingerprint density at radius 1 is 1.14 bits per heavy atom. The summed E-state index contributed by atoms with van der Waals surface area (Å²) in [6.45, 7) is 8.02. The van der Waals surface area contributed by atoms with Crippen LogP contribution in [0.15, 0.2) is 45.9 Å². The number of rotatable bonds is 7. The first kappa shape index (κ1) is 26.9. The number of hydrogen-bond donors (Lipinski definition) is 1. The van der Waals surface area contributed by atoms with Gasteiger partial charge >= 0.3 is 6.18 Å². The number of anilines is 1. The van der Waals surface area contributed by atoms with Gasteiger partial charge < -0.3 is 9.26 Å². The minimum atomic E-state index is -4.42. The molecular weight excluding hydrogens is 509 g/mol. The molecule has 37 heavy (non-hydrogen) atoms. The molecule has 0 fully saturated rings. The van der Waals surface area contributed by atoms with Crippen molar-refractivity contribution in [2.75, 3.05) is 17.9 Å². The molecule has 1 aliphatic rings. The number of fused-ring (bicyclic) bond motifs is 1. The highest BCUT2D eigenvalue weighted by atomic mass is 32.2. The summed E-state index contributed by atoms with van der Waals surface area (Å²) in [4.78, 5) is 6.20. The van der Waals surface area contributed by atoms with Crippen LogP contribution >= 0.6 is 0 Å². The molecule has 1 aromatic carbocycles. The number of aromatic nitrogens is 2. The van der Waals surface area contributed by atoms with Crippen molar-refractivity contribution in [2.45, 2.75) is 63.7 Å². The summed E-state index contributed by atoms with van der Waals surface area (Å²) < 4.78 is 75.8. The maximum Gasteiger partial charge on any atom is 0.422 e. The van der Waals surface area contributed by atoms with Crippen LogP contribution in [-0.2, 0) is 34.9 Å². The largest absolute Gasteiger partial charge is 0.468 e. The third-order valence-electron chi connectivity index (χ3n) is 6.00. The van der Waals surface area contributed by atoms with E-state index in [0.29, 0.717) is 24.4 Å². The molecule has 3 aromatic rings. The Kier molecular flexibility index (Phi) is 7.26. The van der Waals surface area contributed by atoms with Gasteiger partial charge in [0.1, 0.15) is 5.76 Å². The van der Waals surface area contributed by atoms with Gasteiger partial charge in [0.15, 0.2) is 12.4 Å². The van der Waals surface area contributed by atoms with Gasteiger partial charge in [0.25, 0.3) is 10.0 Å². The van der Waals surface area contributed by atoms with E-state index in [0.717, 1.165) is 29.7 Å². The van der Waals surface area contributed by atoms with Crippen molar-refractivity contribution in [3.05, 3.63) is 64.5 Å². The van der Waals surface area contributed by atoms with E-state index in [1.54, 1.807) is 25.1 Å². The minimum absolute atomic E-state index is 0.0932. The molecule has 0 saturated carbocycles. The molecular formula is C25H29F3N4O4S. The molecule has 1 aliphatic heterocycles. The number of alkyl halides is 3. The molecule has 0 saturated heterocycles. The van der Waals surface area contributed by atoms with Crippen LogP contribution in [0.4, 0.5) is 19.0 Å². The smallest absolute Gasteiger partial charge is 0.422 e. The van der Waals surface area contributed by atoms with E-state index < -0.39 is 22.8 Å². The first-order chi connectivity index (χ1) is 17.2. The second kappa shape index (κ2) is 9.97. The van der Waals surface area contributed by atoms with Crippen molar-refractivity contribution < 1.29 is 30.8 Å². The zero-order valence-corrected chi connectivity index (χ0v) is 21.8. The van der Waals surface area contributed by atoms with Crippen LogP contribution in [0.5, 0.6) is 5.88 Å². The van der Waals surface area contributed by atoms with Gasteiger partial charge in [0, 0.05) is 42.9 Å². The molecule has 0 radical (unpaired) electrons. The van der Waals surface area contributed by atoms with Gasteiger partial charge in [-0.05, 0) is 42.2 Å². The average Bonchev–Trinajstić information content (AvgIpc) is 3.17. The Balaban J connectivity index is 1.44. The molecule has 0 atom stereocenters. The molecule has 0 spiro atoms. The average molecular weight is 539 g/mol. The van der Waals surface area contributed by atoms with Crippen molar-refractivity contribution in [2.24, 2.45) is 0 Å². The standard InChI is InChI=1S/C25H29F3N4O4S/c1-16-22(24(2,3)4)36-30-23(16)31-37(33,34)20-7-6-18-9-10-32(14-19(18)11-20)13-17-5-8-21(29-12-17)35-15-25(26,27)28/h5-8,11-12H,9-10,13-15H2,1-4H3,(H,30,31). The van der Waals surface area contributed by atoms with E-state index in [1.807, 2.05) is 26.8 Å². The molecule has 3 heterocycles. The van der Waals surface area contributed by atoms with Crippen molar-refractivity contribution in [1.29, 1.82) is 0 Å². The summed E-state index contributed by atoms with van der Waals surface area (Å²) in [6, 6.07) is 8.15. The number of sulfonamides is 1. The van der Waals surface area contributed by atoms with E-state index >= 15 is 0 Å². The van der Waals surface area contributed by atoms with E-state index in [4.69, 9.17) is 4.52 Å². The Hall–Kier alpha value is -3.12. The molecule has 0 bridgehead atoms. The van der Waals surface area contributed by atoms with Crippen LogP contribution in [0.2, 0.25) is 0 Å². The maximum absolute atomic E-state index is 13.1. The fourth-order valence-electron chi connectivity index (χ4n) is 4.21. The molecule has 0 amide bonds. The predicted octanol–water partition coefficient (Wildman–Crippen LogP) is 4.98. The Bertz CT molecular complexity index is 1360. The molecule has 0 aliphatic carbocycles. The third kappa shape index (κ3) is 6.61. The van der Waals surface area contributed by atoms with Gasteiger partial charge in [-0.15, -0.1) is 0 Å². The van der Waals surface area contributed by atoms with Crippen LogP contribution in [0.3, 0.4) is 0 Å². The first-order valence-corrected chi connectivity index (χ1v) is 13.2. The van der Waals surface area contributed by atoms with Crippen LogP contribution in [0.1, 0.15) is 48.8 Å². The van der Waals surface area contributed by atoms with Gasteiger partial charge in [-0.2, -0.15) is 13.2 Å². The quantitative estimate of drug-likeness (QED) is 0.453. The van der Waals surface area contributed by atoms with E-state index in [-0.39, 0.29) is 22.0 Å². The third-order valence-corrected chi connectivity index (χ3v) is 7.34.